The van der Waals surface area contributed by atoms with E-state index in [1.165, 1.54) is 6.07 Å². The van der Waals surface area contributed by atoms with Crippen LogP contribution in [-0.4, -0.2) is 21.6 Å². The largest absolute Gasteiger partial charge is 0.416 e. The maximum Gasteiger partial charge on any atom is 0.416 e. The monoisotopic (exact) mass is 313 g/mol. The van der Waals surface area contributed by atoms with E-state index in [0.717, 1.165) is 12.1 Å². The molecule has 0 radical (unpaired) electrons. The second kappa shape index (κ2) is 5.24. The summed E-state index contributed by atoms with van der Waals surface area (Å²) in [5.74, 6) is 0. The lowest BCUT2D eigenvalue weighted by Gasteiger charge is -2.18. The van der Waals surface area contributed by atoms with Gasteiger partial charge in [0.2, 0.25) is 0 Å². The van der Waals surface area contributed by atoms with Gasteiger partial charge in [-0.1, -0.05) is 15.9 Å². The molecule has 1 rings (SSSR count). The minimum absolute atomic E-state index is 0.0459. The third-order valence-electron chi connectivity index (χ3n) is 2.17. The van der Waals surface area contributed by atoms with Crippen molar-refractivity contribution in [3.8, 4) is 0 Å². The predicted octanol–water partition coefficient (Wildman–Crippen LogP) is 2.08. The summed E-state index contributed by atoms with van der Waals surface area (Å²) in [6.45, 7) is 0. The molecule has 0 aromatic heterocycles. The van der Waals surface area contributed by atoms with Crippen molar-refractivity contribution in [1.82, 2.24) is 0 Å². The second-order valence-corrected chi connectivity index (χ2v) is 4.20. The average Bonchev–Trinajstić information content (AvgIpc) is 2.25. The standard InChI is InChI=1S/C10H11BrF3NO2/c11-4-8(16)9(17)5-1-6(10(12,13)14)3-7(15)2-5/h1-3,8-9,16-17H,4,15H2. The molecule has 0 aliphatic rings. The van der Waals surface area contributed by atoms with E-state index in [0.29, 0.717) is 0 Å². The molecule has 2 unspecified atom stereocenters. The molecule has 0 bridgehead atoms. The Morgan fingerprint density at radius 1 is 1.24 bits per heavy atom. The number of anilines is 1. The second-order valence-electron chi connectivity index (χ2n) is 3.55. The van der Waals surface area contributed by atoms with Gasteiger partial charge in [0.1, 0.15) is 6.10 Å². The third-order valence-corrected chi connectivity index (χ3v) is 2.83. The van der Waals surface area contributed by atoms with E-state index in [4.69, 9.17) is 5.73 Å². The Balaban J connectivity index is 3.14. The number of hydrogen-bond acceptors (Lipinski definition) is 3. The van der Waals surface area contributed by atoms with Crippen LogP contribution in [0.5, 0.6) is 0 Å². The summed E-state index contributed by atoms with van der Waals surface area (Å²) in [5, 5.41) is 19.0. The number of rotatable bonds is 3. The van der Waals surface area contributed by atoms with Gasteiger partial charge in [-0.2, -0.15) is 13.2 Å². The van der Waals surface area contributed by atoms with E-state index in [-0.39, 0.29) is 16.6 Å². The Kier molecular flexibility index (Phi) is 4.40. The van der Waals surface area contributed by atoms with Crippen LogP contribution in [0.4, 0.5) is 18.9 Å². The van der Waals surface area contributed by atoms with Crippen LogP contribution in [-0.2, 0) is 6.18 Å². The van der Waals surface area contributed by atoms with E-state index in [2.05, 4.69) is 15.9 Å². The zero-order valence-electron chi connectivity index (χ0n) is 8.58. The number of halogens is 4. The van der Waals surface area contributed by atoms with Crippen molar-refractivity contribution < 1.29 is 23.4 Å². The van der Waals surface area contributed by atoms with Gasteiger partial charge in [0.05, 0.1) is 11.7 Å². The summed E-state index contributed by atoms with van der Waals surface area (Å²) >= 11 is 2.93. The van der Waals surface area contributed by atoms with Crippen molar-refractivity contribution in [3.63, 3.8) is 0 Å². The molecule has 0 saturated carbocycles. The number of aliphatic hydroxyl groups excluding tert-OH is 2. The predicted molar refractivity (Wildman–Crippen MR) is 60.6 cm³/mol. The average molecular weight is 314 g/mol. The van der Waals surface area contributed by atoms with Gasteiger partial charge in [-0.15, -0.1) is 0 Å². The van der Waals surface area contributed by atoms with Crippen molar-refractivity contribution in [2.75, 3.05) is 11.1 Å². The highest BCUT2D eigenvalue weighted by atomic mass is 79.9. The van der Waals surface area contributed by atoms with Crippen LogP contribution < -0.4 is 5.73 Å². The molecular formula is C10H11BrF3NO2. The lowest BCUT2D eigenvalue weighted by molar-refractivity contribution is -0.137. The molecule has 0 amide bonds. The van der Waals surface area contributed by atoms with Crippen LogP contribution in [0, 0.1) is 0 Å². The topological polar surface area (TPSA) is 66.5 Å². The van der Waals surface area contributed by atoms with Gasteiger partial charge in [-0.05, 0) is 23.8 Å². The quantitative estimate of drug-likeness (QED) is 0.591. The lowest BCUT2D eigenvalue weighted by atomic mass is 10.0. The summed E-state index contributed by atoms with van der Waals surface area (Å²) in [6, 6.07) is 2.75. The highest BCUT2D eigenvalue weighted by Gasteiger charge is 2.32. The first-order chi connectivity index (χ1) is 7.75. The maximum absolute atomic E-state index is 12.5. The molecule has 2 atom stereocenters. The van der Waals surface area contributed by atoms with E-state index >= 15 is 0 Å². The number of alkyl halides is 4. The van der Waals surface area contributed by atoms with Crippen LogP contribution in [0.2, 0.25) is 0 Å². The van der Waals surface area contributed by atoms with Gasteiger partial charge < -0.3 is 15.9 Å². The van der Waals surface area contributed by atoms with Gasteiger partial charge in [0.15, 0.2) is 0 Å². The molecule has 0 saturated heterocycles. The summed E-state index contributed by atoms with van der Waals surface area (Å²) in [7, 11) is 0. The molecule has 0 spiro atoms. The Hall–Kier alpha value is -0.790. The Bertz CT molecular complexity index is 398. The van der Waals surface area contributed by atoms with Crippen molar-refractivity contribution >= 4 is 21.6 Å². The molecule has 96 valence electrons. The molecule has 3 nitrogen and oxygen atoms in total. The summed E-state index contributed by atoms with van der Waals surface area (Å²) < 4.78 is 37.5. The Morgan fingerprint density at radius 3 is 2.29 bits per heavy atom. The number of nitrogen functional groups attached to an aromatic ring is 1. The van der Waals surface area contributed by atoms with E-state index < -0.39 is 23.9 Å². The van der Waals surface area contributed by atoms with Crippen molar-refractivity contribution in [2.24, 2.45) is 0 Å². The first-order valence-electron chi connectivity index (χ1n) is 4.65. The number of nitrogens with two attached hydrogens (primary N) is 1. The number of benzene rings is 1. The summed E-state index contributed by atoms with van der Waals surface area (Å²) in [6.07, 6.45) is -7.15. The highest BCUT2D eigenvalue weighted by Crippen LogP contribution is 2.33. The van der Waals surface area contributed by atoms with Crippen LogP contribution in [0.25, 0.3) is 0 Å². The maximum atomic E-state index is 12.5. The fraction of sp³-hybridized carbons (Fsp3) is 0.400. The highest BCUT2D eigenvalue weighted by molar-refractivity contribution is 9.09. The zero-order chi connectivity index (χ0) is 13.2. The van der Waals surface area contributed by atoms with E-state index in [9.17, 15) is 23.4 Å². The molecule has 0 fully saturated rings. The van der Waals surface area contributed by atoms with Gasteiger partial charge in [-0.25, -0.2) is 0 Å². The molecule has 17 heavy (non-hydrogen) atoms. The zero-order valence-corrected chi connectivity index (χ0v) is 10.2. The fourth-order valence-corrected chi connectivity index (χ4v) is 1.67. The molecule has 0 aliphatic carbocycles. The molecule has 0 heterocycles. The summed E-state index contributed by atoms with van der Waals surface area (Å²) in [5.41, 5.74) is 4.20. The van der Waals surface area contributed by atoms with Crippen LogP contribution in [0.3, 0.4) is 0 Å². The Labute approximate surface area is 104 Å². The first kappa shape index (κ1) is 14.3. The normalized spacial score (nSPS) is 15.6. The van der Waals surface area contributed by atoms with E-state index in [1.54, 1.807) is 0 Å². The van der Waals surface area contributed by atoms with Gasteiger partial charge in [0, 0.05) is 11.0 Å². The molecule has 1 aromatic carbocycles. The molecule has 1 aromatic rings. The minimum atomic E-state index is -4.54. The molecule has 7 heteroatoms. The van der Waals surface area contributed by atoms with E-state index in [1.807, 2.05) is 0 Å². The van der Waals surface area contributed by atoms with Gasteiger partial charge >= 0.3 is 6.18 Å². The molecule has 4 N–H and O–H groups in total. The fourth-order valence-electron chi connectivity index (χ4n) is 1.32. The van der Waals surface area contributed by atoms with Gasteiger partial charge in [-0.3, -0.25) is 0 Å². The number of hydrogen-bond donors (Lipinski definition) is 3. The minimum Gasteiger partial charge on any atom is -0.399 e. The summed E-state index contributed by atoms with van der Waals surface area (Å²) in [4.78, 5) is 0. The Morgan fingerprint density at radius 2 is 1.82 bits per heavy atom. The lowest BCUT2D eigenvalue weighted by Crippen LogP contribution is -2.20. The van der Waals surface area contributed by atoms with Crippen LogP contribution >= 0.6 is 15.9 Å². The SMILES string of the molecule is Nc1cc(C(O)C(O)CBr)cc(C(F)(F)F)c1. The van der Waals surface area contributed by atoms with Crippen LogP contribution in [0.15, 0.2) is 18.2 Å². The van der Waals surface area contributed by atoms with Crippen molar-refractivity contribution in [1.29, 1.82) is 0 Å². The first-order valence-corrected chi connectivity index (χ1v) is 5.77. The van der Waals surface area contributed by atoms with Crippen molar-refractivity contribution in [2.45, 2.75) is 18.4 Å². The van der Waals surface area contributed by atoms with Crippen LogP contribution in [0.1, 0.15) is 17.2 Å². The smallest absolute Gasteiger partial charge is 0.399 e. The number of aliphatic hydroxyl groups is 2. The molecule has 0 aliphatic heterocycles. The van der Waals surface area contributed by atoms with Gasteiger partial charge in [0.25, 0.3) is 0 Å². The molecular weight excluding hydrogens is 303 g/mol. The van der Waals surface area contributed by atoms with Crippen molar-refractivity contribution in [3.05, 3.63) is 29.3 Å². The third kappa shape index (κ3) is 3.58.